The number of nitrogens with one attached hydrogen (secondary N) is 2. The standard InChI is InChI=1S/C6H8Cl2N4/c1-12-5-3(2-9-12)4(7)10-6(8)11-5/h2,4,6,10-11H,1H3. The number of fused-ring (bicyclic) bond motifs is 1. The average Bonchev–Trinajstić information content (AvgIpc) is 2.33. The van der Waals surface area contributed by atoms with Crippen LogP contribution >= 0.6 is 23.2 Å². The van der Waals surface area contributed by atoms with Gasteiger partial charge >= 0.3 is 0 Å². The van der Waals surface area contributed by atoms with E-state index in [1.54, 1.807) is 10.9 Å². The lowest BCUT2D eigenvalue weighted by molar-refractivity contribution is 0.630. The second kappa shape index (κ2) is 2.80. The Bertz CT molecular complexity index is 298. The fraction of sp³-hybridized carbons (Fsp3) is 0.500. The van der Waals surface area contributed by atoms with Gasteiger partial charge in [0.2, 0.25) is 0 Å². The van der Waals surface area contributed by atoms with Crippen molar-refractivity contribution < 1.29 is 0 Å². The maximum Gasteiger partial charge on any atom is 0.157 e. The average molecular weight is 207 g/mol. The summed E-state index contributed by atoms with van der Waals surface area (Å²) in [7, 11) is 1.84. The van der Waals surface area contributed by atoms with Crippen LogP contribution in [0.1, 0.15) is 11.1 Å². The van der Waals surface area contributed by atoms with E-state index >= 15 is 0 Å². The zero-order valence-corrected chi connectivity index (χ0v) is 7.89. The Kier molecular flexibility index (Phi) is 1.90. The molecule has 6 heteroatoms. The Balaban J connectivity index is 2.43. The second-order valence-electron chi connectivity index (χ2n) is 2.61. The molecular formula is C6H8Cl2N4. The first-order valence-electron chi connectivity index (χ1n) is 3.51. The first-order valence-corrected chi connectivity index (χ1v) is 4.38. The van der Waals surface area contributed by atoms with Gasteiger partial charge in [0, 0.05) is 12.6 Å². The summed E-state index contributed by atoms with van der Waals surface area (Å²) in [4.78, 5) is 0. The van der Waals surface area contributed by atoms with Gasteiger partial charge in [-0.1, -0.05) is 11.6 Å². The Labute approximate surface area is 79.8 Å². The highest BCUT2D eigenvalue weighted by Gasteiger charge is 2.25. The molecule has 0 spiro atoms. The van der Waals surface area contributed by atoms with Crippen LogP contribution in [-0.4, -0.2) is 15.4 Å². The first kappa shape index (κ1) is 8.16. The van der Waals surface area contributed by atoms with E-state index in [2.05, 4.69) is 15.7 Å². The summed E-state index contributed by atoms with van der Waals surface area (Å²) < 4.78 is 1.71. The second-order valence-corrected chi connectivity index (χ2v) is 3.48. The lowest BCUT2D eigenvalue weighted by Crippen LogP contribution is -2.37. The van der Waals surface area contributed by atoms with E-state index in [9.17, 15) is 0 Å². The van der Waals surface area contributed by atoms with Gasteiger partial charge in [-0.3, -0.25) is 10.00 Å². The third-order valence-corrected chi connectivity index (χ3v) is 2.39. The van der Waals surface area contributed by atoms with Crippen molar-refractivity contribution in [2.75, 3.05) is 5.32 Å². The van der Waals surface area contributed by atoms with Gasteiger partial charge in [0.1, 0.15) is 11.3 Å². The van der Waals surface area contributed by atoms with Gasteiger partial charge in [-0.05, 0) is 0 Å². The quantitative estimate of drug-likeness (QED) is 0.496. The highest BCUT2D eigenvalue weighted by atomic mass is 35.5. The third-order valence-electron chi connectivity index (χ3n) is 1.80. The van der Waals surface area contributed by atoms with E-state index in [1.807, 2.05) is 7.05 Å². The van der Waals surface area contributed by atoms with Gasteiger partial charge in [-0.25, -0.2) is 0 Å². The molecular weight excluding hydrogens is 199 g/mol. The van der Waals surface area contributed by atoms with Crippen molar-refractivity contribution in [3.8, 4) is 0 Å². The van der Waals surface area contributed by atoms with Crippen LogP contribution < -0.4 is 10.6 Å². The van der Waals surface area contributed by atoms with E-state index < -0.39 is 0 Å². The maximum absolute atomic E-state index is 5.97. The summed E-state index contributed by atoms with van der Waals surface area (Å²) in [5, 5.41) is 9.98. The summed E-state index contributed by atoms with van der Waals surface area (Å²) in [6, 6.07) is 0. The number of aryl methyl sites for hydroxylation is 1. The number of halogens is 2. The molecule has 1 aromatic heterocycles. The van der Waals surface area contributed by atoms with E-state index in [0.29, 0.717) is 0 Å². The molecule has 2 atom stereocenters. The van der Waals surface area contributed by atoms with E-state index in [1.165, 1.54) is 0 Å². The Morgan fingerprint density at radius 2 is 2.33 bits per heavy atom. The van der Waals surface area contributed by atoms with Crippen LogP contribution in [0.5, 0.6) is 0 Å². The number of nitrogens with zero attached hydrogens (tertiary/aromatic N) is 2. The largest absolute Gasteiger partial charge is 0.342 e. The van der Waals surface area contributed by atoms with Crippen molar-refractivity contribution in [1.29, 1.82) is 0 Å². The summed E-state index contributed by atoms with van der Waals surface area (Å²) in [5.74, 6) is 0.869. The minimum absolute atomic E-state index is 0.266. The smallest absolute Gasteiger partial charge is 0.157 e. The van der Waals surface area contributed by atoms with Crippen molar-refractivity contribution in [1.82, 2.24) is 15.1 Å². The van der Waals surface area contributed by atoms with Crippen LogP contribution in [0.25, 0.3) is 0 Å². The maximum atomic E-state index is 5.97. The number of hydrogen-bond acceptors (Lipinski definition) is 3. The molecule has 1 aliphatic rings. The molecule has 12 heavy (non-hydrogen) atoms. The zero-order chi connectivity index (χ0) is 8.72. The molecule has 0 fully saturated rings. The fourth-order valence-corrected chi connectivity index (χ4v) is 1.78. The number of hydrogen-bond donors (Lipinski definition) is 2. The molecule has 0 radical (unpaired) electrons. The monoisotopic (exact) mass is 206 g/mol. The number of alkyl halides is 2. The highest BCUT2D eigenvalue weighted by molar-refractivity contribution is 6.24. The van der Waals surface area contributed by atoms with Crippen molar-refractivity contribution in [3.63, 3.8) is 0 Å². The van der Waals surface area contributed by atoms with Gasteiger partial charge in [-0.2, -0.15) is 5.10 Å². The third kappa shape index (κ3) is 1.16. The van der Waals surface area contributed by atoms with Gasteiger partial charge < -0.3 is 5.32 Å². The van der Waals surface area contributed by atoms with Crippen LogP contribution in [-0.2, 0) is 7.05 Å². The lowest BCUT2D eigenvalue weighted by Gasteiger charge is -2.25. The van der Waals surface area contributed by atoms with Crippen LogP contribution in [0.4, 0.5) is 5.82 Å². The molecule has 0 saturated carbocycles. The molecule has 1 aromatic rings. The van der Waals surface area contributed by atoms with E-state index in [-0.39, 0.29) is 11.1 Å². The molecule has 0 aliphatic carbocycles. The number of anilines is 1. The Hall–Kier alpha value is -0.450. The van der Waals surface area contributed by atoms with E-state index in [4.69, 9.17) is 23.2 Å². The highest BCUT2D eigenvalue weighted by Crippen LogP contribution is 2.30. The van der Waals surface area contributed by atoms with E-state index in [0.717, 1.165) is 11.4 Å². The lowest BCUT2D eigenvalue weighted by atomic mass is 10.3. The molecule has 4 nitrogen and oxygen atoms in total. The van der Waals surface area contributed by atoms with Crippen molar-refractivity contribution >= 4 is 29.0 Å². The van der Waals surface area contributed by atoms with Crippen LogP contribution in [0, 0.1) is 0 Å². The van der Waals surface area contributed by atoms with Gasteiger partial charge in [0.15, 0.2) is 5.62 Å². The molecule has 0 aromatic carbocycles. The molecule has 2 rings (SSSR count). The normalized spacial score (nSPS) is 27.9. The number of aromatic nitrogens is 2. The summed E-state index contributed by atoms with van der Waals surface area (Å²) >= 11 is 11.8. The first-order chi connectivity index (χ1) is 5.68. The zero-order valence-electron chi connectivity index (χ0n) is 6.38. The van der Waals surface area contributed by atoms with Crippen molar-refractivity contribution in [2.45, 2.75) is 11.1 Å². The van der Waals surface area contributed by atoms with Gasteiger partial charge in [0.05, 0.1) is 6.20 Å². The van der Waals surface area contributed by atoms with Crippen LogP contribution in [0.2, 0.25) is 0 Å². The predicted molar refractivity (Wildman–Crippen MR) is 48.2 cm³/mol. The summed E-state index contributed by atoms with van der Waals surface area (Å²) in [6.45, 7) is 0. The fourth-order valence-electron chi connectivity index (χ4n) is 1.20. The molecule has 1 aliphatic heterocycles. The molecule has 2 N–H and O–H groups in total. The topological polar surface area (TPSA) is 41.9 Å². The molecule has 66 valence electrons. The Morgan fingerprint density at radius 1 is 1.58 bits per heavy atom. The summed E-state index contributed by atoms with van der Waals surface area (Å²) in [5.41, 5.74) is 0.323. The van der Waals surface area contributed by atoms with Crippen molar-refractivity contribution in [2.24, 2.45) is 7.05 Å². The predicted octanol–water partition coefficient (Wildman–Crippen LogP) is 1.19. The molecule has 0 bridgehead atoms. The number of rotatable bonds is 0. The SMILES string of the molecule is Cn1ncc2c1NC(Cl)NC2Cl. The molecule has 0 saturated heterocycles. The van der Waals surface area contributed by atoms with Gasteiger partial charge in [0.25, 0.3) is 0 Å². The minimum Gasteiger partial charge on any atom is -0.342 e. The van der Waals surface area contributed by atoms with Crippen LogP contribution in [0.15, 0.2) is 6.20 Å². The van der Waals surface area contributed by atoms with Crippen LogP contribution in [0.3, 0.4) is 0 Å². The molecule has 0 amide bonds. The molecule has 2 unspecified atom stereocenters. The molecule has 2 heterocycles. The van der Waals surface area contributed by atoms with Crippen molar-refractivity contribution in [3.05, 3.63) is 11.8 Å². The summed E-state index contributed by atoms with van der Waals surface area (Å²) in [6.07, 6.45) is 1.72. The van der Waals surface area contributed by atoms with Gasteiger partial charge in [-0.15, -0.1) is 11.6 Å². The Morgan fingerprint density at radius 3 is 3.08 bits per heavy atom. The minimum atomic E-state index is -0.338.